The molecule has 2 atom stereocenters. The molecule has 1 amide bonds. The van der Waals surface area contributed by atoms with E-state index >= 15 is 0 Å². The number of hydrogen-bond acceptors (Lipinski definition) is 5. The predicted octanol–water partition coefficient (Wildman–Crippen LogP) is 4.21. The van der Waals surface area contributed by atoms with E-state index in [-0.39, 0.29) is 11.9 Å². The second-order valence-corrected chi connectivity index (χ2v) is 8.29. The first-order valence-corrected chi connectivity index (χ1v) is 10.5. The molecule has 0 bridgehead atoms. The number of hydrogen-bond donors (Lipinski definition) is 1. The molecule has 1 aromatic carbocycles. The highest BCUT2D eigenvalue weighted by Gasteiger charge is 2.31. The van der Waals surface area contributed by atoms with Crippen molar-refractivity contribution in [2.75, 3.05) is 13.1 Å². The van der Waals surface area contributed by atoms with Gasteiger partial charge in [0.05, 0.1) is 10.6 Å². The molecule has 0 radical (unpaired) electrons. The first kappa shape index (κ1) is 18.9. The van der Waals surface area contributed by atoms with E-state index in [2.05, 4.69) is 34.5 Å². The second-order valence-electron chi connectivity index (χ2n) is 7.35. The molecule has 5 nitrogen and oxygen atoms in total. The summed E-state index contributed by atoms with van der Waals surface area (Å²) in [4.78, 5) is 19.9. The van der Waals surface area contributed by atoms with Crippen LogP contribution >= 0.6 is 11.3 Å². The summed E-state index contributed by atoms with van der Waals surface area (Å²) in [5.41, 5.74) is 2.27. The molecule has 1 aliphatic heterocycles. The van der Waals surface area contributed by atoms with E-state index in [9.17, 15) is 4.79 Å². The SMILES string of the molecule is CC(=O)N[C@@H]1CN(Cc2nc(-c3cccs3)oc2C)CC[C@H]1c1ccccc1. The van der Waals surface area contributed by atoms with Crippen molar-refractivity contribution in [3.8, 4) is 10.8 Å². The molecule has 1 saturated heterocycles. The molecular weight excluding hydrogens is 370 g/mol. The average molecular weight is 396 g/mol. The van der Waals surface area contributed by atoms with Crippen LogP contribution in [-0.4, -0.2) is 34.9 Å². The Labute approximate surface area is 169 Å². The van der Waals surface area contributed by atoms with E-state index in [0.29, 0.717) is 11.8 Å². The zero-order valence-corrected chi connectivity index (χ0v) is 17.0. The summed E-state index contributed by atoms with van der Waals surface area (Å²) in [6.45, 7) is 6.08. The smallest absolute Gasteiger partial charge is 0.236 e. The maximum absolute atomic E-state index is 11.8. The first-order valence-electron chi connectivity index (χ1n) is 9.64. The summed E-state index contributed by atoms with van der Waals surface area (Å²) in [7, 11) is 0. The Kier molecular flexibility index (Phi) is 5.59. The average Bonchev–Trinajstić information content (AvgIpc) is 3.33. The lowest BCUT2D eigenvalue weighted by molar-refractivity contribution is -0.120. The van der Waals surface area contributed by atoms with Gasteiger partial charge in [0, 0.05) is 32.0 Å². The Balaban J connectivity index is 1.49. The molecule has 0 saturated carbocycles. The van der Waals surface area contributed by atoms with Crippen molar-refractivity contribution in [3.63, 3.8) is 0 Å². The van der Waals surface area contributed by atoms with E-state index in [0.717, 1.165) is 42.4 Å². The maximum atomic E-state index is 11.8. The number of aromatic nitrogens is 1. The Morgan fingerprint density at radius 2 is 2.11 bits per heavy atom. The van der Waals surface area contributed by atoms with Crippen molar-refractivity contribution in [3.05, 3.63) is 64.9 Å². The number of oxazole rings is 1. The topological polar surface area (TPSA) is 58.4 Å². The van der Waals surface area contributed by atoms with Crippen LogP contribution in [0.2, 0.25) is 0 Å². The highest BCUT2D eigenvalue weighted by Crippen LogP contribution is 2.30. The van der Waals surface area contributed by atoms with Gasteiger partial charge in [0.2, 0.25) is 11.8 Å². The second kappa shape index (κ2) is 8.29. The van der Waals surface area contributed by atoms with Crippen LogP contribution in [0, 0.1) is 6.92 Å². The molecule has 1 fully saturated rings. The third kappa shape index (κ3) is 4.18. The van der Waals surface area contributed by atoms with Crippen LogP contribution in [0.15, 0.2) is 52.3 Å². The van der Waals surface area contributed by atoms with Crippen molar-refractivity contribution in [1.82, 2.24) is 15.2 Å². The van der Waals surface area contributed by atoms with Gasteiger partial charge in [0.25, 0.3) is 0 Å². The molecule has 0 aliphatic carbocycles. The first-order chi connectivity index (χ1) is 13.6. The summed E-state index contributed by atoms with van der Waals surface area (Å²) in [5.74, 6) is 1.91. The highest BCUT2D eigenvalue weighted by molar-refractivity contribution is 7.13. The van der Waals surface area contributed by atoms with Crippen LogP contribution in [0.25, 0.3) is 10.8 Å². The number of nitrogens with one attached hydrogen (secondary N) is 1. The fourth-order valence-corrected chi connectivity index (χ4v) is 4.61. The maximum Gasteiger partial charge on any atom is 0.236 e. The lowest BCUT2D eigenvalue weighted by Crippen LogP contribution is -2.50. The molecule has 4 rings (SSSR count). The summed E-state index contributed by atoms with van der Waals surface area (Å²) < 4.78 is 5.89. The van der Waals surface area contributed by atoms with Gasteiger partial charge in [0.1, 0.15) is 5.76 Å². The van der Waals surface area contributed by atoms with Crippen molar-refractivity contribution < 1.29 is 9.21 Å². The quantitative estimate of drug-likeness (QED) is 0.703. The summed E-state index contributed by atoms with van der Waals surface area (Å²) in [6.07, 6.45) is 1.00. The van der Waals surface area contributed by atoms with Gasteiger partial charge in [-0.15, -0.1) is 11.3 Å². The van der Waals surface area contributed by atoms with Crippen molar-refractivity contribution >= 4 is 17.2 Å². The zero-order chi connectivity index (χ0) is 19.5. The summed E-state index contributed by atoms with van der Waals surface area (Å²) in [6, 6.07) is 14.6. The van der Waals surface area contributed by atoms with Gasteiger partial charge >= 0.3 is 0 Å². The van der Waals surface area contributed by atoms with E-state index in [1.807, 2.05) is 30.5 Å². The van der Waals surface area contributed by atoms with Crippen molar-refractivity contribution in [2.45, 2.75) is 38.8 Å². The van der Waals surface area contributed by atoms with Crippen LogP contribution < -0.4 is 5.32 Å². The van der Waals surface area contributed by atoms with Crippen LogP contribution in [-0.2, 0) is 11.3 Å². The van der Waals surface area contributed by atoms with Crippen molar-refractivity contribution in [2.24, 2.45) is 0 Å². The van der Waals surface area contributed by atoms with E-state index < -0.39 is 0 Å². The van der Waals surface area contributed by atoms with Gasteiger partial charge in [-0.25, -0.2) is 4.98 Å². The zero-order valence-electron chi connectivity index (χ0n) is 16.2. The number of rotatable bonds is 5. The van der Waals surface area contributed by atoms with Crippen LogP contribution in [0.4, 0.5) is 0 Å². The van der Waals surface area contributed by atoms with Crippen LogP contribution in [0.1, 0.15) is 36.3 Å². The molecule has 1 aliphatic rings. The lowest BCUT2D eigenvalue weighted by atomic mass is 9.85. The minimum atomic E-state index is 0.0189. The molecule has 1 N–H and O–H groups in total. The Morgan fingerprint density at radius 1 is 1.29 bits per heavy atom. The monoisotopic (exact) mass is 395 g/mol. The standard InChI is InChI=1S/C22H25N3O2S/c1-15-19(24-22(27-15)21-9-6-12-28-21)13-25-11-10-18(17-7-4-3-5-8-17)20(14-25)23-16(2)26/h3-9,12,18,20H,10-11,13-14H2,1-2H3,(H,23,26)/t18-,20+/m0/s1. The third-order valence-electron chi connectivity index (χ3n) is 5.31. The van der Waals surface area contributed by atoms with Gasteiger partial charge in [-0.05, 0) is 36.9 Å². The molecule has 3 heterocycles. The lowest BCUT2D eigenvalue weighted by Gasteiger charge is -2.39. The van der Waals surface area contributed by atoms with E-state index in [1.54, 1.807) is 18.3 Å². The molecule has 6 heteroatoms. The predicted molar refractivity (Wildman–Crippen MR) is 111 cm³/mol. The number of thiophene rings is 1. The number of piperidine rings is 1. The van der Waals surface area contributed by atoms with E-state index in [4.69, 9.17) is 9.40 Å². The fraction of sp³-hybridized carbons (Fsp3) is 0.364. The van der Waals surface area contributed by atoms with Crippen LogP contribution in [0.3, 0.4) is 0 Å². The number of aryl methyl sites for hydroxylation is 1. The molecule has 3 aromatic rings. The third-order valence-corrected chi connectivity index (χ3v) is 6.17. The highest BCUT2D eigenvalue weighted by atomic mass is 32.1. The van der Waals surface area contributed by atoms with Gasteiger partial charge in [-0.2, -0.15) is 0 Å². The molecule has 28 heavy (non-hydrogen) atoms. The van der Waals surface area contributed by atoms with Gasteiger partial charge in [-0.1, -0.05) is 36.4 Å². The largest absolute Gasteiger partial charge is 0.440 e. The minimum absolute atomic E-state index is 0.0189. The fourth-order valence-electron chi connectivity index (χ4n) is 3.96. The number of nitrogens with zero attached hydrogens (tertiary/aromatic N) is 2. The molecular formula is C22H25N3O2S. The number of amides is 1. The summed E-state index contributed by atoms with van der Waals surface area (Å²) in [5, 5.41) is 5.19. The number of likely N-dealkylation sites (tertiary alicyclic amines) is 1. The van der Waals surface area contributed by atoms with Gasteiger partial charge in [0.15, 0.2) is 0 Å². The number of benzene rings is 1. The van der Waals surface area contributed by atoms with Gasteiger partial charge in [-0.3, -0.25) is 9.69 Å². The Bertz CT molecular complexity index is 921. The Morgan fingerprint density at radius 3 is 2.82 bits per heavy atom. The minimum Gasteiger partial charge on any atom is -0.440 e. The van der Waals surface area contributed by atoms with Gasteiger partial charge < -0.3 is 9.73 Å². The molecule has 0 spiro atoms. The normalized spacial score (nSPS) is 20.2. The number of carbonyl (C=O) groups excluding carboxylic acids is 1. The molecule has 2 aromatic heterocycles. The van der Waals surface area contributed by atoms with Crippen molar-refractivity contribution in [1.29, 1.82) is 0 Å². The summed E-state index contributed by atoms with van der Waals surface area (Å²) >= 11 is 1.63. The van der Waals surface area contributed by atoms with E-state index in [1.165, 1.54) is 5.56 Å². The van der Waals surface area contributed by atoms with Crippen LogP contribution in [0.5, 0.6) is 0 Å². The molecule has 146 valence electrons. The number of carbonyl (C=O) groups is 1. The molecule has 0 unspecified atom stereocenters. The Hall–Kier alpha value is -2.44.